The van der Waals surface area contributed by atoms with Crippen LogP contribution in [-0.2, 0) is 0 Å². The van der Waals surface area contributed by atoms with Crippen LogP contribution in [0.4, 0.5) is 22.7 Å². The molecule has 0 bridgehead atoms. The van der Waals surface area contributed by atoms with Gasteiger partial charge in [0.1, 0.15) is 0 Å². The fraction of sp³-hybridized carbons (Fsp3) is 0.158. The minimum atomic E-state index is 1.01. The van der Waals surface area contributed by atoms with Crippen molar-refractivity contribution in [3.8, 4) is 11.1 Å². The van der Waals surface area contributed by atoms with E-state index in [9.17, 15) is 0 Å². The van der Waals surface area contributed by atoms with E-state index < -0.39 is 0 Å². The summed E-state index contributed by atoms with van der Waals surface area (Å²) >= 11 is 0. The zero-order chi connectivity index (χ0) is 29.0. The third kappa shape index (κ3) is 8.12. The van der Waals surface area contributed by atoms with E-state index in [2.05, 4.69) is 171 Å². The van der Waals surface area contributed by atoms with Crippen molar-refractivity contribution in [2.24, 2.45) is 0 Å². The highest BCUT2D eigenvalue weighted by Gasteiger charge is 2.11. The molecule has 0 fully saturated rings. The molecule has 4 aromatic carbocycles. The van der Waals surface area contributed by atoms with E-state index in [4.69, 9.17) is 0 Å². The van der Waals surface area contributed by atoms with Crippen LogP contribution in [0.3, 0.4) is 0 Å². The largest absolute Gasteiger partial charge is 0.356 e. The summed E-state index contributed by atoms with van der Waals surface area (Å²) in [5.41, 5.74) is 15.0. The number of nitrogens with one attached hydrogen (secondary N) is 2. The number of hydrogen-bond donors (Lipinski definition) is 2. The predicted octanol–water partition coefficient (Wildman–Crippen LogP) is 11.2. The molecule has 3 heteroatoms. The highest BCUT2D eigenvalue weighted by Crippen LogP contribution is 2.30. The number of hydrazine groups is 1. The molecule has 0 amide bonds. The maximum absolute atomic E-state index is 3.62. The van der Waals surface area contributed by atoms with Gasteiger partial charge < -0.3 is 5.32 Å². The zero-order valence-corrected chi connectivity index (χ0v) is 24.9. The van der Waals surface area contributed by atoms with Crippen molar-refractivity contribution >= 4 is 28.3 Å². The minimum absolute atomic E-state index is 1.01. The molecule has 0 saturated heterocycles. The zero-order valence-electron chi connectivity index (χ0n) is 24.9. The molecule has 0 aromatic heterocycles. The summed E-state index contributed by atoms with van der Waals surface area (Å²) in [4.78, 5) is 0. The van der Waals surface area contributed by atoms with Crippen molar-refractivity contribution in [3.05, 3.63) is 150 Å². The lowest BCUT2D eigenvalue weighted by atomic mass is 10.0. The van der Waals surface area contributed by atoms with E-state index in [-0.39, 0.29) is 0 Å². The molecular formula is C38H41N3. The molecule has 0 spiro atoms. The first kappa shape index (κ1) is 29.2. The van der Waals surface area contributed by atoms with Gasteiger partial charge in [0.15, 0.2) is 0 Å². The average Bonchev–Trinajstić information content (AvgIpc) is 3.00. The first-order valence-corrected chi connectivity index (χ1v) is 14.3. The van der Waals surface area contributed by atoms with Crippen molar-refractivity contribution in [3.63, 3.8) is 0 Å². The first-order valence-electron chi connectivity index (χ1n) is 14.3. The normalized spacial score (nSPS) is 11.8. The second kappa shape index (κ2) is 14.6. The second-order valence-corrected chi connectivity index (χ2v) is 10.1. The molecule has 3 nitrogen and oxygen atoms in total. The fourth-order valence-electron chi connectivity index (χ4n) is 4.62. The van der Waals surface area contributed by atoms with Gasteiger partial charge in [-0.15, -0.1) is 0 Å². The molecule has 208 valence electrons. The minimum Gasteiger partial charge on any atom is -0.356 e. The van der Waals surface area contributed by atoms with Crippen LogP contribution in [-0.4, -0.2) is 0 Å². The van der Waals surface area contributed by atoms with Crippen LogP contribution in [0.25, 0.3) is 16.7 Å². The summed E-state index contributed by atoms with van der Waals surface area (Å²) in [6.07, 6.45) is 11.8. The van der Waals surface area contributed by atoms with E-state index in [1.807, 2.05) is 13.0 Å². The van der Waals surface area contributed by atoms with Gasteiger partial charge in [-0.1, -0.05) is 91.4 Å². The highest BCUT2D eigenvalue weighted by atomic mass is 15.5. The van der Waals surface area contributed by atoms with E-state index in [1.165, 1.54) is 27.8 Å². The Morgan fingerprint density at radius 2 is 1.29 bits per heavy atom. The Hall–Kier alpha value is -4.76. The number of hydrogen-bond acceptors (Lipinski definition) is 3. The lowest BCUT2D eigenvalue weighted by Crippen LogP contribution is -2.24. The summed E-state index contributed by atoms with van der Waals surface area (Å²) in [5, 5.41) is 5.62. The van der Waals surface area contributed by atoms with Gasteiger partial charge in [0.2, 0.25) is 0 Å². The summed E-state index contributed by atoms with van der Waals surface area (Å²) in [7, 11) is 0. The van der Waals surface area contributed by atoms with Gasteiger partial charge >= 0.3 is 0 Å². The second-order valence-electron chi connectivity index (χ2n) is 10.1. The van der Waals surface area contributed by atoms with Gasteiger partial charge in [0.25, 0.3) is 0 Å². The Kier molecular flexibility index (Phi) is 10.4. The molecule has 0 unspecified atom stereocenters. The van der Waals surface area contributed by atoms with E-state index >= 15 is 0 Å². The van der Waals surface area contributed by atoms with Crippen LogP contribution >= 0.6 is 0 Å². The molecule has 2 N–H and O–H groups in total. The van der Waals surface area contributed by atoms with Crippen molar-refractivity contribution in [2.45, 2.75) is 41.0 Å². The quantitative estimate of drug-likeness (QED) is 0.147. The molecule has 0 saturated carbocycles. The number of nitrogens with zero attached hydrogens (tertiary/aromatic N) is 1. The number of benzene rings is 4. The Bertz CT molecular complexity index is 1500. The first-order chi connectivity index (χ1) is 20.0. The van der Waals surface area contributed by atoms with E-state index in [0.717, 1.165) is 34.9 Å². The molecule has 4 aromatic rings. The van der Waals surface area contributed by atoms with Gasteiger partial charge in [-0.3, -0.25) is 10.4 Å². The summed E-state index contributed by atoms with van der Waals surface area (Å²) in [5.74, 6) is 0. The lowest BCUT2D eigenvalue weighted by molar-refractivity contribution is 1.16. The van der Waals surface area contributed by atoms with Gasteiger partial charge in [-0.2, -0.15) is 0 Å². The number of para-hydroxylation sites is 1. The highest BCUT2D eigenvalue weighted by molar-refractivity contribution is 5.76. The molecule has 0 aliphatic carbocycles. The van der Waals surface area contributed by atoms with Crippen molar-refractivity contribution in [1.82, 2.24) is 0 Å². The lowest BCUT2D eigenvalue weighted by Gasteiger charge is -2.27. The predicted molar refractivity (Wildman–Crippen MR) is 180 cm³/mol. The molecule has 0 aliphatic heterocycles. The van der Waals surface area contributed by atoms with Crippen LogP contribution in [0.15, 0.2) is 145 Å². The molecule has 4 rings (SSSR count). The maximum Gasteiger partial charge on any atom is 0.0630 e. The molecule has 0 heterocycles. The average molecular weight is 540 g/mol. The number of allylic oxidation sites excluding steroid dienone is 7. The van der Waals surface area contributed by atoms with Crippen LogP contribution in [0.2, 0.25) is 0 Å². The maximum atomic E-state index is 3.62. The fourth-order valence-corrected chi connectivity index (χ4v) is 4.62. The Morgan fingerprint density at radius 3 is 1.85 bits per heavy atom. The standard InChI is InChI=1S/C38H41N3/c1-6-12-30(13-7-2)31-18-24-36(25-19-31)40-41(37-14-10-9-11-15-37)38-26-20-33(21-27-38)32-16-22-35(23-17-32)39-34(8-3)28-29(4)5/h6,8-28,39-40H,7H2,1-5H3/b12-6-,30-13+,34-8+. The van der Waals surface area contributed by atoms with E-state index in [0.29, 0.717) is 0 Å². The Morgan fingerprint density at radius 1 is 0.707 bits per heavy atom. The van der Waals surface area contributed by atoms with E-state index in [1.54, 1.807) is 0 Å². The summed E-state index contributed by atoms with van der Waals surface area (Å²) in [6, 6.07) is 36.3. The molecule has 0 radical (unpaired) electrons. The Balaban J connectivity index is 1.55. The monoisotopic (exact) mass is 539 g/mol. The van der Waals surface area contributed by atoms with Crippen LogP contribution in [0.5, 0.6) is 0 Å². The van der Waals surface area contributed by atoms with Crippen molar-refractivity contribution in [1.29, 1.82) is 0 Å². The molecular weight excluding hydrogens is 498 g/mol. The van der Waals surface area contributed by atoms with Gasteiger partial charge in [-0.25, -0.2) is 0 Å². The summed E-state index contributed by atoms with van der Waals surface area (Å²) in [6.45, 7) is 10.5. The third-order valence-corrected chi connectivity index (χ3v) is 6.63. The van der Waals surface area contributed by atoms with Gasteiger partial charge in [0.05, 0.1) is 17.1 Å². The molecule has 0 aliphatic rings. The molecule has 0 atom stereocenters. The SMILES string of the molecule is C/C=C\C(=C/CC)c1ccc(NN(c2ccccc2)c2ccc(-c3ccc(N/C(C=C(C)C)=C/C)cc3)cc2)cc1. The molecule has 41 heavy (non-hydrogen) atoms. The number of anilines is 4. The van der Waals surface area contributed by atoms with Gasteiger partial charge in [-0.05, 0) is 111 Å². The smallest absolute Gasteiger partial charge is 0.0630 e. The van der Waals surface area contributed by atoms with Crippen LogP contribution in [0, 0.1) is 0 Å². The van der Waals surface area contributed by atoms with Crippen molar-refractivity contribution in [2.75, 3.05) is 15.8 Å². The van der Waals surface area contributed by atoms with Crippen LogP contribution < -0.4 is 15.8 Å². The van der Waals surface area contributed by atoms with Crippen molar-refractivity contribution < 1.29 is 0 Å². The van der Waals surface area contributed by atoms with Crippen LogP contribution in [0.1, 0.15) is 46.6 Å². The third-order valence-electron chi connectivity index (χ3n) is 6.63. The summed E-state index contributed by atoms with van der Waals surface area (Å²) < 4.78 is 0. The van der Waals surface area contributed by atoms with Gasteiger partial charge in [0, 0.05) is 11.4 Å². The topological polar surface area (TPSA) is 27.3 Å². The number of rotatable bonds is 11. The Labute approximate surface area is 246 Å².